The molecule has 4 N–H and O–H groups in total. The Kier molecular flexibility index (Phi) is 8.62. The number of carboxylic acid groups (broad SMARTS) is 1. The fourth-order valence-corrected chi connectivity index (χ4v) is 3.78. The lowest BCUT2D eigenvalue weighted by Crippen LogP contribution is -2.43. The van der Waals surface area contributed by atoms with Crippen molar-refractivity contribution in [1.29, 1.82) is 0 Å². The van der Waals surface area contributed by atoms with Crippen molar-refractivity contribution in [3.05, 3.63) is 75.3 Å². The van der Waals surface area contributed by atoms with Gasteiger partial charge in [0.15, 0.2) is 11.5 Å². The van der Waals surface area contributed by atoms with Crippen LogP contribution >= 0.6 is 23.2 Å². The maximum Gasteiger partial charge on any atom is 0.320 e. The number of nitrogens with two attached hydrogens (primary N) is 1. The smallest absolute Gasteiger partial charge is 0.320 e. The van der Waals surface area contributed by atoms with Crippen molar-refractivity contribution in [2.75, 3.05) is 7.11 Å². The van der Waals surface area contributed by atoms with Crippen LogP contribution in [0.25, 0.3) is 11.1 Å². The SMILES string of the molecule is COCc1cc(C(=O)N[C@H](Cc2ccc(-c3cc(Cl)ccc3F)cc2Cl)C[C@@H](N)C(=O)O)no1. The molecule has 0 unspecified atom stereocenters. The van der Waals surface area contributed by atoms with Gasteiger partial charge in [0.2, 0.25) is 0 Å². The van der Waals surface area contributed by atoms with Gasteiger partial charge in [-0.25, -0.2) is 4.39 Å². The molecule has 1 heterocycles. The van der Waals surface area contributed by atoms with Crippen LogP contribution in [0.4, 0.5) is 4.39 Å². The second-order valence-electron chi connectivity index (χ2n) is 7.60. The zero-order chi connectivity index (χ0) is 24.8. The molecule has 0 aliphatic carbocycles. The van der Waals surface area contributed by atoms with E-state index in [4.69, 9.17) is 38.2 Å². The predicted octanol–water partition coefficient (Wildman–Crippen LogP) is 4.08. The van der Waals surface area contributed by atoms with Gasteiger partial charge in [0, 0.05) is 34.8 Å². The lowest BCUT2D eigenvalue weighted by Gasteiger charge is -2.21. The molecule has 0 aliphatic heterocycles. The molecule has 34 heavy (non-hydrogen) atoms. The van der Waals surface area contributed by atoms with Crippen LogP contribution in [0, 0.1) is 5.82 Å². The molecule has 8 nitrogen and oxygen atoms in total. The summed E-state index contributed by atoms with van der Waals surface area (Å²) in [5.41, 5.74) is 7.14. The first-order valence-electron chi connectivity index (χ1n) is 10.2. The summed E-state index contributed by atoms with van der Waals surface area (Å²) in [4.78, 5) is 24.0. The Balaban J connectivity index is 1.81. The zero-order valence-electron chi connectivity index (χ0n) is 18.1. The number of amides is 1. The minimum absolute atomic E-state index is 0.0128. The van der Waals surface area contributed by atoms with E-state index in [0.29, 0.717) is 26.9 Å². The Morgan fingerprint density at radius 2 is 2.00 bits per heavy atom. The Hall–Kier alpha value is -2.98. The average molecular weight is 510 g/mol. The number of ether oxygens (including phenoxy) is 1. The highest BCUT2D eigenvalue weighted by molar-refractivity contribution is 6.32. The summed E-state index contributed by atoms with van der Waals surface area (Å²) in [6, 6.07) is 8.65. The van der Waals surface area contributed by atoms with E-state index in [1.807, 2.05) is 0 Å². The summed E-state index contributed by atoms with van der Waals surface area (Å²) in [6.45, 7) is 0.142. The quantitative estimate of drug-likeness (QED) is 0.375. The lowest BCUT2D eigenvalue weighted by atomic mass is 9.97. The zero-order valence-corrected chi connectivity index (χ0v) is 19.6. The molecule has 1 amide bonds. The molecule has 2 atom stereocenters. The third-order valence-electron chi connectivity index (χ3n) is 5.03. The van der Waals surface area contributed by atoms with E-state index >= 15 is 0 Å². The van der Waals surface area contributed by atoms with Gasteiger partial charge < -0.3 is 25.4 Å². The summed E-state index contributed by atoms with van der Waals surface area (Å²) < 4.78 is 24.2. The molecule has 3 aromatic rings. The monoisotopic (exact) mass is 509 g/mol. The van der Waals surface area contributed by atoms with Crippen LogP contribution in [0.1, 0.15) is 28.2 Å². The van der Waals surface area contributed by atoms with Crippen molar-refractivity contribution in [1.82, 2.24) is 10.5 Å². The molecule has 11 heteroatoms. The largest absolute Gasteiger partial charge is 0.480 e. The van der Waals surface area contributed by atoms with Crippen LogP contribution in [-0.4, -0.2) is 41.3 Å². The van der Waals surface area contributed by atoms with Gasteiger partial charge >= 0.3 is 5.97 Å². The summed E-state index contributed by atoms with van der Waals surface area (Å²) in [6.07, 6.45) is 0.109. The molecule has 0 bridgehead atoms. The molecule has 0 fully saturated rings. The normalized spacial score (nSPS) is 12.9. The van der Waals surface area contributed by atoms with E-state index in [9.17, 15) is 19.1 Å². The van der Waals surface area contributed by atoms with Crippen molar-refractivity contribution >= 4 is 35.1 Å². The van der Waals surface area contributed by atoms with E-state index in [0.717, 1.165) is 0 Å². The Bertz CT molecular complexity index is 1190. The van der Waals surface area contributed by atoms with Crippen LogP contribution in [0.5, 0.6) is 0 Å². The Labute approximate surface area is 204 Å². The second-order valence-corrected chi connectivity index (χ2v) is 8.44. The number of nitrogens with zero attached hydrogens (tertiary/aromatic N) is 1. The third-order valence-corrected chi connectivity index (χ3v) is 5.61. The van der Waals surface area contributed by atoms with E-state index in [2.05, 4.69) is 10.5 Å². The lowest BCUT2D eigenvalue weighted by molar-refractivity contribution is -0.138. The van der Waals surface area contributed by atoms with Crippen molar-refractivity contribution < 1.29 is 28.3 Å². The maximum absolute atomic E-state index is 14.2. The number of methoxy groups -OCH3 is 1. The highest BCUT2D eigenvalue weighted by Crippen LogP contribution is 2.30. The predicted molar refractivity (Wildman–Crippen MR) is 124 cm³/mol. The molecular weight excluding hydrogens is 488 g/mol. The van der Waals surface area contributed by atoms with Gasteiger partial charge in [0.25, 0.3) is 5.91 Å². The number of benzene rings is 2. The highest BCUT2D eigenvalue weighted by atomic mass is 35.5. The van der Waals surface area contributed by atoms with E-state index in [-0.39, 0.29) is 30.7 Å². The van der Waals surface area contributed by atoms with E-state index in [1.54, 1.807) is 18.2 Å². The molecule has 1 aromatic heterocycles. The summed E-state index contributed by atoms with van der Waals surface area (Å²) in [5, 5.41) is 16.3. The number of carbonyl (C=O) groups is 2. The molecule has 3 rings (SSSR count). The van der Waals surface area contributed by atoms with Gasteiger partial charge in [-0.3, -0.25) is 9.59 Å². The minimum atomic E-state index is -1.22. The van der Waals surface area contributed by atoms with Crippen LogP contribution in [0.3, 0.4) is 0 Å². The average Bonchev–Trinajstić information content (AvgIpc) is 3.25. The molecule has 0 aliphatic rings. The maximum atomic E-state index is 14.2. The first kappa shape index (κ1) is 25.6. The summed E-state index contributed by atoms with van der Waals surface area (Å²) in [5.74, 6) is -1.87. The Morgan fingerprint density at radius 3 is 2.68 bits per heavy atom. The number of hydrogen-bond donors (Lipinski definition) is 3. The van der Waals surface area contributed by atoms with Crippen LogP contribution in [0.2, 0.25) is 10.0 Å². The standard InChI is InChI=1S/C23H22Cl2FN3O5/c1-33-11-16-10-21(29-34-16)22(30)28-15(9-20(27)23(31)32)6-13-3-2-12(7-18(13)25)17-8-14(24)4-5-19(17)26/h2-5,7-8,10,15,20H,6,9,11,27H2,1H3,(H,28,30)(H,31,32)/t15-,20-/m1/s1. The first-order chi connectivity index (χ1) is 16.2. The van der Waals surface area contributed by atoms with Crippen molar-refractivity contribution in [2.45, 2.75) is 31.5 Å². The minimum Gasteiger partial charge on any atom is -0.480 e. The van der Waals surface area contributed by atoms with Gasteiger partial charge in [0.1, 0.15) is 18.5 Å². The summed E-state index contributed by atoms with van der Waals surface area (Å²) >= 11 is 12.4. The first-order valence-corrected chi connectivity index (χ1v) is 10.9. The number of aromatic nitrogens is 1. The van der Waals surface area contributed by atoms with Crippen molar-refractivity contribution in [2.24, 2.45) is 5.73 Å². The number of hydrogen-bond acceptors (Lipinski definition) is 6. The van der Waals surface area contributed by atoms with Crippen LogP contribution < -0.4 is 11.1 Å². The summed E-state index contributed by atoms with van der Waals surface area (Å²) in [7, 11) is 1.47. The molecule has 0 saturated carbocycles. The number of halogens is 3. The van der Waals surface area contributed by atoms with Gasteiger partial charge in [-0.15, -0.1) is 0 Å². The highest BCUT2D eigenvalue weighted by Gasteiger charge is 2.24. The number of rotatable bonds is 10. The third kappa shape index (κ3) is 6.54. The van der Waals surface area contributed by atoms with Crippen LogP contribution in [0.15, 0.2) is 47.0 Å². The topological polar surface area (TPSA) is 128 Å². The van der Waals surface area contributed by atoms with Crippen LogP contribution in [-0.2, 0) is 22.6 Å². The fourth-order valence-electron chi connectivity index (χ4n) is 3.35. The second kappa shape index (κ2) is 11.4. The van der Waals surface area contributed by atoms with Gasteiger partial charge in [-0.2, -0.15) is 0 Å². The Morgan fingerprint density at radius 1 is 1.24 bits per heavy atom. The molecule has 180 valence electrons. The number of carboxylic acids is 1. The van der Waals surface area contributed by atoms with E-state index < -0.39 is 29.8 Å². The number of nitrogens with one attached hydrogen (secondary N) is 1. The van der Waals surface area contributed by atoms with Crippen molar-refractivity contribution in [3.63, 3.8) is 0 Å². The van der Waals surface area contributed by atoms with Crippen molar-refractivity contribution in [3.8, 4) is 11.1 Å². The molecule has 0 radical (unpaired) electrons. The number of carbonyl (C=O) groups excluding carboxylic acids is 1. The molecular formula is C23H22Cl2FN3O5. The van der Waals surface area contributed by atoms with Gasteiger partial charge in [-0.1, -0.05) is 40.5 Å². The van der Waals surface area contributed by atoms with Gasteiger partial charge in [0.05, 0.1) is 0 Å². The molecule has 0 saturated heterocycles. The number of aliphatic carboxylic acids is 1. The molecule has 2 aromatic carbocycles. The molecule has 0 spiro atoms. The fraction of sp³-hybridized carbons (Fsp3) is 0.261. The van der Waals surface area contributed by atoms with Gasteiger partial charge in [-0.05, 0) is 48.2 Å². The van der Waals surface area contributed by atoms with E-state index in [1.165, 1.54) is 31.4 Å².